The first kappa shape index (κ1) is 15.7. The molecule has 0 aliphatic rings. The molecule has 2 unspecified atom stereocenters. The van der Waals surface area contributed by atoms with E-state index in [1.165, 1.54) is 0 Å². The van der Waals surface area contributed by atoms with Crippen molar-refractivity contribution in [3.8, 4) is 0 Å². The van der Waals surface area contributed by atoms with E-state index in [4.69, 9.17) is 4.74 Å². The van der Waals surface area contributed by atoms with Crippen LogP contribution in [0.25, 0.3) is 0 Å². The smallest absolute Gasteiger partial charge is 0.307 e. The largest absolute Gasteiger partial charge is 0.466 e. The molecule has 0 amide bonds. The maximum atomic E-state index is 11.4. The Balaban J connectivity index is 2.68. The van der Waals surface area contributed by atoms with Crippen molar-refractivity contribution in [3.05, 3.63) is 35.9 Å². The Bertz CT molecular complexity index is 394. The molecule has 0 spiro atoms. The van der Waals surface area contributed by atoms with Crippen LogP contribution in [0.4, 0.5) is 0 Å². The van der Waals surface area contributed by atoms with Crippen molar-refractivity contribution >= 4 is 5.97 Å². The first-order chi connectivity index (χ1) is 9.01. The Morgan fingerprint density at radius 1 is 1.42 bits per heavy atom. The SMILES string of the molecule is CCOC(=O)CC(C)NC(C)(CO)c1ccccc1. The topological polar surface area (TPSA) is 58.6 Å². The van der Waals surface area contributed by atoms with Gasteiger partial charge in [0.2, 0.25) is 0 Å². The van der Waals surface area contributed by atoms with Gasteiger partial charge in [-0.3, -0.25) is 4.79 Å². The van der Waals surface area contributed by atoms with Gasteiger partial charge in [-0.25, -0.2) is 0 Å². The van der Waals surface area contributed by atoms with Crippen LogP contribution in [0.3, 0.4) is 0 Å². The number of esters is 1. The fourth-order valence-electron chi connectivity index (χ4n) is 2.09. The van der Waals surface area contributed by atoms with Crippen LogP contribution in [-0.2, 0) is 15.1 Å². The lowest BCUT2D eigenvalue weighted by molar-refractivity contribution is -0.143. The quantitative estimate of drug-likeness (QED) is 0.738. The zero-order valence-electron chi connectivity index (χ0n) is 11.8. The molecule has 0 aromatic heterocycles. The lowest BCUT2D eigenvalue weighted by Crippen LogP contribution is -2.48. The van der Waals surface area contributed by atoms with Gasteiger partial charge in [0.05, 0.1) is 25.2 Å². The third-order valence-corrected chi connectivity index (χ3v) is 3.07. The van der Waals surface area contributed by atoms with E-state index in [1.54, 1.807) is 6.92 Å². The molecule has 0 heterocycles. The Morgan fingerprint density at radius 3 is 2.58 bits per heavy atom. The third kappa shape index (κ3) is 4.65. The molecule has 0 aliphatic heterocycles. The highest BCUT2D eigenvalue weighted by atomic mass is 16.5. The van der Waals surface area contributed by atoms with Crippen LogP contribution < -0.4 is 5.32 Å². The van der Waals surface area contributed by atoms with Gasteiger partial charge in [-0.1, -0.05) is 30.3 Å². The molecule has 1 aromatic rings. The molecule has 19 heavy (non-hydrogen) atoms. The van der Waals surface area contributed by atoms with Gasteiger partial charge in [0.1, 0.15) is 0 Å². The average Bonchev–Trinajstić information content (AvgIpc) is 2.39. The van der Waals surface area contributed by atoms with Crippen LogP contribution in [0.2, 0.25) is 0 Å². The Labute approximate surface area is 114 Å². The van der Waals surface area contributed by atoms with Gasteiger partial charge in [0, 0.05) is 6.04 Å². The van der Waals surface area contributed by atoms with Crippen molar-refractivity contribution < 1.29 is 14.6 Å². The molecule has 4 nitrogen and oxygen atoms in total. The number of benzene rings is 1. The molecule has 0 aliphatic carbocycles. The second-order valence-electron chi connectivity index (χ2n) is 4.91. The number of hydrogen-bond acceptors (Lipinski definition) is 4. The first-order valence-corrected chi connectivity index (χ1v) is 6.61. The van der Waals surface area contributed by atoms with Crippen molar-refractivity contribution in [2.24, 2.45) is 0 Å². The minimum atomic E-state index is -0.562. The fraction of sp³-hybridized carbons (Fsp3) is 0.533. The number of carbonyl (C=O) groups excluding carboxylic acids is 1. The summed E-state index contributed by atoms with van der Waals surface area (Å²) in [5, 5.41) is 12.9. The number of rotatable bonds is 7. The predicted molar refractivity (Wildman–Crippen MR) is 74.7 cm³/mol. The number of ether oxygens (including phenoxy) is 1. The molecule has 1 rings (SSSR count). The van der Waals surface area contributed by atoms with E-state index in [0.29, 0.717) is 6.61 Å². The van der Waals surface area contributed by atoms with E-state index < -0.39 is 5.54 Å². The molecule has 0 saturated carbocycles. The van der Waals surface area contributed by atoms with Gasteiger partial charge in [-0.15, -0.1) is 0 Å². The molecule has 0 radical (unpaired) electrons. The Kier molecular flexibility index (Phi) is 5.99. The summed E-state index contributed by atoms with van der Waals surface area (Å²) in [6.45, 7) is 5.97. The second kappa shape index (κ2) is 7.26. The van der Waals surface area contributed by atoms with E-state index in [0.717, 1.165) is 5.56 Å². The van der Waals surface area contributed by atoms with Crippen LogP contribution >= 0.6 is 0 Å². The number of hydrogen-bond donors (Lipinski definition) is 2. The first-order valence-electron chi connectivity index (χ1n) is 6.61. The lowest BCUT2D eigenvalue weighted by atomic mass is 9.91. The summed E-state index contributed by atoms with van der Waals surface area (Å²) in [7, 11) is 0. The average molecular weight is 265 g/mol. The summed E-state index contributed by atoms with van der Waals surface area (Å²) in [5.74, 6) is -0.226. The van der Waals surface area contributed by atoms with Crippen LogP contribution in [0.1, 0.15) is 32.8 Å². The number of nitrogens with one attached hydrogen (secondary N) is 1. The van der Waals surface area contributed by atoms with Crippen LogP contribution in [0, 0.1) is 0 Å². The molecule has 0 bridgehead atoms. The van der Waals surface area contributed by atoms with Crippen LogP contribution in [-0.4, -0.2) is 30.3 Å². The van der Waals surface area contributed by atoms with Gasteiger partial charge in [-0.2, -0.15) is 0 Å². The molecule has 1 aromatic carbocycles. The standard InChI is InChI=1S/C15H23NO3/c1-4-19-14(18)10-12(2)16-15(3,11-17)13-8-6-5-7-9-13/h5-9,12,16-17H,4,10-11H2,1-3H3. The maximum Gasteiger partial charge on any atom is 0.307 e. The van der Waals surface area contributed by atoms with Crippen molar-refractivity contribution in [3.63, 3.8) is 0 Å². The summed E-state index contributed by atoms with van der Waals surface area (Å²) >= 11 is 0. The molecular weight excluding hydrogens is 242 g/mol. The van der Waals surface area contributed by atoms with Crippen LogP contribution in [0.5, 0.6) is 0 Å². The summed E-state index contributed by atoms with van der Waals surface area (Å²) in [4.78, 5) is 11.4. The van der Waals surface area contributed by atoms with Crippen molar-refractivity contribution in [2.45, 2.75) is 38.8 Å². The number of carbonyl (C=O) groups is 1. The minimum Gasteiger partial charge on any atom is -0.466 e. The molecule has 2 atom stereocenters. The fourth-order valence-corrected chi connectivity index (χ4v) is 2.09. The monoisotopic (exact) mass is 265 g/mol. The highest BCUT2D eigenvalue weighted by Crippen LogP contribution is 2.21. The van der Waals surface area contributed by atoms with E-state index in [1.807, 2.05) is 44.2 Å². The molecule has 4 heteroatoms. The summed E-state index contributed by atoms with van der Waals surface area (Å²) < 4.78 is 4.92. The van der Waals surface area contributed by atoms with E-state index >= 15 is 0 Å². The van der Waals surface area contributed by atoms with Gasteiger partial charge < -0.3 is 15.2 Å². The zero-order chi connectivity index (χ0) is 14.3. The summed E-state index contributed by atoms with van der Waals surface area (Å²) in [5.41, 5.74) is 0.431. The minimum absolute atomic E-state index is 0.0375. The summed E-state index contributed by atoms with van der Waals surface area (Å²) in [6.07, 6.45) is 0.288. The van der Waals surface area contributed by atoms with Gasteiger partial charge >= 0.3 is 5.97 Å². The zero-order valence-corrected chi connectivity index (χ0v) is 11.8. The van der Waals surface area contributed by atoms with E-state index in [9.17, 15) is 9.90 Å². The molecule has 0 fully saturated rings. The van der Waals surface area contributed by atoms with Crippen molar-refractivity contribution in [1.82, 2.24) is 5.32 Å². The Morgan fingerprint density at radius 2 is 2.05 bits per heavy atom. The van der Waals surface area contributed by atoms with Crippen LogP contribution in [0.15, 0.2) is 30.3 Å². The normalized spacial score (nSPS) is 15.6. The van der Waals surface area contributed by atoms with Gasteiger partial charge in [-0.05, 0) is 26.3 Å². The lowest BCUT2D eigenvalue weighted by Gasteiger charge is -2.32. The molecule has 106 valence electrons. The highest BCUT2D eigenvalue weighted by molar-refractivity contribution is 5.70. The summed E-state index contributed by atoms with van der Waals surface area (Å²) in [6, 6.07) is 9.64. The molecular formula is C15H23NO3. The molecule has 0 saturated heterocycles. The van der Waals surface area contributed by atoms with Gasteiger partial charge in [0.25, 0.3) is 0 Å². The van der Waals surface area contributed by atoms with E-state index in [-0.39, 0.29) is 25.0 Å². The third-order valence-electron chi connectivity index (χ3n) is 3.07. The Hall–Kier alpha value is -1.39. The second-order valence-corrected chi connectivity index (χ2v) is 4.91. The van der Waals surface area contributed by atoms with Gasteiger partial charge in [0.15, 0.2) is 0 Å². The van der Waals surface area contributed by atoms with Crippen molar-refractivity contribution in [2.75, 3.05) is 13.2 Å². The molecule has 2 N–H and O–H groups in total. The van der Waals surface area contributed by atoms with E-state index in [2.05, 4.69) is 5.32 Å². The predicted octanol–water partition coefficient (Wildman–Crippen LogP) is 1.83. The highest BCUT2D eigenvalue weighted by Gasteiger charge is 2.27. The van der Waals surface area contributed by atoms with Crippen molar-refractivity contribution in [1.29, 1.82) is 0 Å². The maximum absolute atomic E-state index is 11.4. The number of aliphatic hydroxyl groups excluding tert-OH is 1. The number of aliphatic hydroxyl groups is 1.